The molecule has 1 aromatic heterocycles. The third kappa shape index (κ3) is 3.69. The van der Waals surface area contributed by atoms with Crippen LogP contribution in [0.5, 0.6) is 0 Å². The Hall–Kier alpha value is -2.55. The number of amides is 1. The number of aromatic amines is 1. The number of carboxylic acids is 1. The topological polar surface area (TPSA) is 93.6 Å². The fraction of sp³-hybridized carbons (Fsp3) is 0.545. The number of nitrogens with one attached hydrogen (secondary N) is 1. The number of alkyl halides is 3. The van der Waals surface area contributed by atoms with Gasteiger partial charge in [0.1, 0.15) is 0 Å². The Morgan fingerprint density at radius 1 is 1.13 bits per heavy atom. The van der Waals surface area contributed by atoms with E-state index < -0.39 is 42.0 Å². The molecule has 0 radical (unpaired) electrons. The smallest absolute Gasteiger partial charge is 0.422 e. The lowest BCUT2D eigenvalue weighted by Crippen LogP contribution is -2.55. The molecule has 1 aliphatic carbocycles. The van der Waals surface area contributed by atoms with Crippen molar-refractivity contribution in [3.05, 3.63) is 36.0 Å². The highest BCUT2D eigenvalue weighted by atomic mass is 19.4. The molecule has 4 atom stereocenters. The molecule has 1 saturated heterocycles. The van der Waals surface area contributed by atoms with E-state index >= 15 is 0 Å². The van der Waals surface area contributed by atoms with Crippen molar-refractivity contribution in [1.82, 2.24) is 9.88 Å². The number of carbonyl (C=O) groups excluding carboxylic acids is 1. The second kappa shape index (κ2) is 7.85. The first-order chi connectivity index (χ1) is 14.6. The van der Waals surface area contributed by atoms with Gasteiger partial charge in [-0.25, -0.2) is 0 Å². The van der Waals surface area contributed by atoms with Gasteiger partial charge in [0, 0.05) is 35.2 Å². The molecule has 2 aromatic rings. The Labute approximate surface area is 177 Å². The molecule has 0 spiro atoms. The van der Waals surface area contributed by atoms with Crippen LogP contribution in [0, 0.1) is 11.8 Å². The molecule has 31 heavy (non-hydrogen) atoms. The second-order valence-electron chi connectivity index (χ2n) is 8.62. The molecule has 3 N–H and O–H groups in total. The van der Waals surface area contributed by atoms with Crippen LogP contribution < -0.4 is 0 Å². The van der Waals surface area contributed by atoms with Gasteiger partial charge in [0.15, 0.2) is 5.60 Å². The number of para-hydroxylation sites is 1. The first-order valence-corrected chi connectivity index (χ1v) is 10.5. The maximum atomic E-state index is 14.1. The maximum absolute atomic E-state index is 14.1. The van der Waals surface area contributed by atoms with E-state index in [0.717, 1.165) is 6.20 Å². The highest BCUT2D eigenvalue weighted by molar-refractivity contribution is 5.86. The number of likely N-dealkylation sites (tertiary alicyclic amines) is 1. The summed E-state index contributed by atoms with van der Waals surface area (Å²) in [6, 6.07) is 5.90. The van der Waals surface area contributed by atoms with E-state index in [4.69, 9.17) is 0 Å². The van der Waals surface area contributed by atoms with Crippen molar-refractivity contribution in [2.75, 3.05) is 6.54 Å². The predicted octanol–water partition coefficient (Wildman–Crippen LogP) is 3.80. The van der Waals surface area contributed by atoms with Crippen molar-refractivity contribution in [2.45, 2.75) is 56.3 Å². The summed E-state index contributed by atoms with van der Waals surface area (Å²) in [5.74, 6) is -2.58. The molecule has 2 heterocycles. The summed E-state index contributed by atoms with van der Waals surface area (Å²) in [7, 11) is 0. The summed E-state index contributed by atoms with van der Waals surface area (Å²) in [5.41, 5.74) is -3.30. The zero-order valence-electron chi connectivity index (χ0n) is 16.9. The van der Waals surface area contributed by atoms with Crippen LogP contribution in [0.25, 0.3) is 10.9 Å². The maximum Gasteiger partial charge on any atom is 0.422 e. The van der Waals surface area contributed by atoms with E-state index in [9.17, 15) is 33.0 Å². The van der Waals surface area contributed by atoms with Gasteiger partial charge in [-0.15, -0.1) is 0 Å². The van der Waals surface area contributed by atoms with Crippen LogP contribution in [0.15, 0.2) is 30.5 Å². The molecule has 0 bridgehead atoms. The molecule has 6 nitrogen and oxygen atoms in total. The van der Waals surface area contributed by atoms with Crippen LogP contribution >= 0.6 is 0 Å². The zero-order valence-corrected chi connectivity index (χ0v) is 16.9. The van der Waals surface area contributed by atoms with Crippen molar-refractivity contribution in [2.24, 2.45) is 11.8 Å². The van der Waals surface area contributed by atoms with Crippen LogP contribution in [0.1, 0.15) is 44.1 Å². The molecule has 2 fully saturated rings. The summed E-state index contributed by atoms with van der Waals surface area (Å²) in [6.45, 7) is 0.272. The number of aliphatic carboxylic acids is 1. The van der Waals surface area contributed by atoms with E-state index in [1.165, 1.54) is 11.0 Å². The molecule has 4 rings (SSSR count). The number of fused-ring (bicyclic) bond motifs is 2. The van der Waals surface area contributed by atoms with Crippen molar-refractivity contribution in [3.63, 3.8) is 0 Å². The van der Waals surface area contributed by atoms with Crippen LogP contribution in [-0.2, 0) is 15.2 Å². The van der Waals surface area contributed by atoms with E-state index in [1.54, 1.807) is 18.2 Å². The molecule has 4 unspecified atom stereocenters. The molecular weight excluding hydrogens is 413 g/mol. The van der Waals surface area contributed by atoms with Crippen molar-refractivity contribution in [3.8, 4) is 0 Å². The van der Waals surface area contributed by atoms with Crippen LogP contribution in [-0.4, -0.2) is 50.7 Å². The van der Waals surface area contributed by atoms with Gasteiger partial charge in [-0.1, -0.05) is 24.6 Å². The Balaban J connectivity index is 1.65. The predicted molar refractivity (Wildman–Crippen MR) is 106 cm³/mol. The molecule has 168 valence electrons. The van der Waals surface area contributed by atoms with Crippen molar-refractivity contribution in [1.29, 1.82) is 0 Å². The lowest BCUT2D eigenvalue weighted by Gasteiger charge is -2.47. The van der Waals surface area contributed by atoms with Crippen LogP contribution in [0.4, 0.5) is 13.2 Å². The molecule has 1 aliphatic heterocycles. The van der Waals surface area contributed by atoms with Gasteiger partial charge in [-0.3, -0.25) is 9.59 Å². The largest absolute Gasteiger partial charge is 0.481 e. The van der Waals surface area contributed by atoms with E-state index in [-0.39, 0.29) is 23.4 Å². The number of H-pyrrole nitrogens is 1. The molecule has 1 aromatic carbocycles. The SMILES string of the molecule is O=C(O)C1CCCC2C1CCCN2C(=O)CC(O)(c1c[nH]c2ccccc12)C(F)(F)F. The standard InChI is InChI=1S/C22H25F3N2O4/c23-22(24,25)21(31,16-12-26-17-8-2-1-5-15(16)17)11-19(28)27-10-4-7-13-14(20(29)30)6-3-9-18(13)27/h1-2,5,8,12-14,18,26,31H,3-4,6-7,9-11H2,(H,29,30). The van der Waals surface area contributed by atoms with Gasteiger partial charge in [-0.05, 0) is 37.7 Å². The minimum absolute atomic E-state index is 0.204. The third-order valence-electron chi connectivity index (χ3n) is 6.91. The number of rotatable bonds is 4. The van der Waals surface area contributed by atoms with Gasteiger partial charge in [-0.2, -0.15) is 13.2 Å². The highest BCUT2D eigenvalue weighted by Crippen LogP contribution is 2.46. The van der Waals surface area contributed by atoms with E-state index in [2.05, 4.69) is 4.98 Å². The van der Waals surface area contributed by atoms with Gasteiger partial charge in [0.2, 0.25) is 5.91 Å². The zero-order chi connectivity index (χ0) is 22.4. The van der Waals surface area contributed by atoms with Gasteiger partial charge < -0.3 is 20.1 Å². The fourth-order valence-electron chi connectivity index (χ4n) is 5.39. The first-order valence-electron chi connectivity index (χ1n) is 10.5. The molecule has 1 saturated carbocycles. The highest BCUT2D eigenvalue weighted by Gasteiger charge is 2.58. The second-order valence-corrected chi connectivity index (χ2v) is 8.62. The van der Waals surface area contributed by atoms with Gasteiger partial charge in [0.05, 0.1) is 12.3 Å². The van der Waals surface area contributed by atoms with Gasteiger partial charge in [0.25, 0.3) is 0 Å². The number of hydrogen-bond acceptors (Lipinski definition) is 3. The number of benzene rings is 1. The van der Waals surface area contributed by atoms with E-state index in [0.29, 0.717) is 37.6 Å². The monoisotopic (exact) mass is 438 g/mol. The Morgan fingerprint density at radius 3 is 2.58 bits per heavy atom. The fourth-order valence-corrected chi connectivity index (χ4v) is 5.39. The summed E-state index contributed by atoms with van der Waals surface area (Å²) >= 11 is 0. The first kappa shape index (κ1) is 21.7. The number of aliphatic hydroxyl groups is 1. The van der Waals surface area contributed by atoms with Gasteiger partial charge >= 0.3 is 12.1 Å². The summed E-state index contributed by atoms with van der Waals surface area (Å²) in [4.78, 5) is 28.9. The van der Waals surface area contributed by atoms with Crippen LogP contribution in [0.3, 0.4) is 0 Å². The van der Waals surface area contributed by atoms with Crippen molar-refractivity contribution >= 4 is 22.8 Å². The summed E-state index contributed by atoms with van der Waals surface area (Å²) in [6.07, 6.45) is -2.25. The number of piperidine rings is 1. The normalized spacial score (nSPS) is 26.3. The number of carboxylic acid groups (broad SMARTS) is 1. The van der Waals surface area contributed by atoms with Crippen molar-refractivity contribution < 1.29 is 33.0 Å². The van der Waals surface area contributed by atoms with E-state index in [1.807, 2.05) is 0 Å². The number of hydrogen-bond donors (Lipinski definition) is 3. The number of nitrogens with zero attached hydrogens (tertiary/aromatic N) is 1. The lowest BCUT2D eigenvalue weighted by molar-refractivity contribution is -0.268. The Kier molecular flexibility index (Phi) is 5.49. The quantitative estimate of drug-likeness (QED) is 0.677. The molecule has 2 aliphatic rings. The lowest BCUT2D eigenvalue weighted by atomic mass is 9.71. The number of halogens is 3. The number of aromatic nitrogens is 1. The Bertz CT molecular complexity index is 989. The minimum Gasteiger partial charge on any atom is -0.481 e. The molecular formula is C22H25F3N2O4. The third-order valence-corrected chi connectivity index (χ3v) is 6.91. The minimum atomic E-state index is -5.07. The number of carbonyl (C=O) groups is 2. The average Bonchev–Trinajstić information content (AvgIpc) is 3.16. The summed E-state index contributed by atoms with van der Waals surface area (Å²) in [5, 5.41) is 20.6. The Morgan fingerprint density at radius 2 is 1.87 bits per heavy atom. The van der Waals surface area contributed by atoms with Crippen LogP contribution in [0.2, 0.25) is 0 Å². The summed E-state index contributed by atoms with van der Waals surface area (Å²) < 4.78 is 42.3. The molecule has 9 heteroatoms. The average molecular weight is 438 g/mol. The molecule has 1 amide bonds.